The number of carbonyl (C=O) groups is 1. The van der Waals surface area contributed by atoms with Gasteiger partial charge in [0.1, 0.15) is 15.8 Å². The molecule has 0 unspecified atom stereocenters. The Balaban J connectivity index is 0.00000117. The third-order valence-corrected chi connectivity index (χ3v) is 5.91. The Morgan fingerprint density at radius 2 is 2.03 bits per heavy atom. The molecule has 4 aromatic rings. The van der Waals surface area contributed by atoms with Gasteiger partial charge in [-0.1, -0.05) is 31.5 Å². The molecule has 0 fully saturated rings. The SMILES string of the molecule is CC.Cc1csc(-c2nc(N)c3cc(C(=O)NCc4ccc(Cl)nc4)sc3n2)n1. The summed E-state index contributed by atoms with van der Waals surface area (Å²) in [6.45, 7) is 6.26. The van der Waals surface area contributed by atoms with Gasteiger partial charge in [0, 0.05) is 23.8 Å². The van der Waals surface area contributed by atoms with Gasteiger partial charge in [-0.15, -0.1) is 22.7 Å². The number of nitrogens with zero attached hydrogens (tertiary/aromatic N) is 4. The highest BCUT2D eigenvalue weighted by Crippen LogP contribution is 2.31. The van der Waals surface area contributed by atoms with E-state index in [2.05, 4.69) is 25.3 Å². The summed E-state index contributed by atoms with van der Waals surface area (Å²) >= 11 is 8.49. The fraction of sp³-hybridized carbons (Fsp3) is 0.211. The molecule has 0 aromatic carbocycles. The molecule has 0 saturated carbocycles. The van der Waals surface area contributed by atoms with Crippen molar-refractivity contribution in [3.05, 3.63) is 51.1 Å². The van der Waals surface area contributed by atoms with Gasteiger partial charge in [-0.25, -0.2) is 19.9 Å². The van der Waals surface area contributed by atoms with Crippen LogP contribution in [0.4, 0.5) is 5.82 Å². The molecule has 29 heavy (non-hydrogen) atoms. The third-order valence-electron chi connectivity index (χ3n) is 3.70. The standard InChI is InChI=1S/C17H13ClN6OS2.C2H6/c1-8-7-26-17(22-8)14-23-13(19)10-4-11(27-16(10)24-14)15(25)21-6-9-2-3-12(18)20-5-9;1-2/h2-5,7H,6H2,1H3,(H,21,25)(H2,19,23,24);1-2H3. The number of halogens is 1. The number of carbonyl (C=O) groups excluding carboxylic acids is 1. The number of thiazole rings is 1. The van der Waals surface area contributed by atoms with E-state index in [0.29, 0.717) is 43.4 Å². The number of rotatable bonds is 4. The number of thiophene rings is 1. The first-order valence-electron chi connectivity index (χ1n) is 8.88. The van der Waals surface area contributed by atoms with Gasteiger partial charge in [0.15, 0.2) is 10.8 Å². The summed E-state index contributed by atoms with van der Waals surface area (Å²) in [6.07, 6.45) is 1.62. The number of hydrogen-bond acceptors (Lipinski definition) is 8. The van der Waals surface area contributed by atoms with Gasteiger partial charge >= 0.3 is 0 Å². The molecule has 0 aliphatic carbocycles. The highest BCUT2D eigenvalue weighted by atomic mass is 35.5. The van der Waals surface area contributed by atoms with Crippen LogP contribution < -0.4 is 11.1 Å². The third kappa shape index (κ3) is 4.87. The van der Waals surface area contributed by atoms with Crippen molar-refractivity contribution in [2.24, 2.45) is 0 Å². The van der Waals surface area contributed by atoms with Crippen LogP contribution in [0.25, 0.3) is 21.0 Å². The molecule has 4 rings (SSSR count). The molecule has 4 heterocycles. The molecule has 0 radical (unpaired) electrons. The van der Waals surface area contributed by atoms with Crippen LogP contribution in [0, 0.1) is 6.92 Å². The summed E-state index contributed by atoms with van der Waals surface area (Å²) < 4.78 is 0. The Morgan fingerprint density at radius 3 is 2.69 bits per heavy atom. The average Bonchev–Trinajstić information content (AvgIpc) is 3.35. The van der Waals surface area contributed by atoms with Gasteiger partial charge in [-0.3, -0.25) is 4.79 Å². The smallest absolute Gasteiger partial charge is 0.261 e. The number of pyridine rings is 1. The predicted octanol–water partition coefficient (Wildman–Crippen LogP) is 4.71. The molecular weight excluding hydrogens is 428 g/mol. The van der Waals surface area contributed by atoms with E-state index in [-0.39, 0.29) is 5.91 Å². The number of fused-ring (bicyclic) bond motifs is 1. The van der Waals surface area contributed by atoms with Crippen LogP contribution in [0.5, 0.6) is 0 Å². The maximum Gasteiger partial charge on any atom is 0.261 e. The lowest BCUT2D eigenvalue weighted by Crippen LogP contribution is -2.21. The van der Waals surface area contributed by atoms with E-state index >= 15 is 0 Å². The van der Waals surface area contributed by atoms with Crippen LogP contribution in [0.15, 0.2) is 29.8 Å². The molecule has 3 N–H and O–H groups in total. The normalized spacial score (nSPS) is 10.5. The van der Waals surface area contributed by atoms with Crippen LogP contribution in [0.3, 0.4) is 0 Å². The van der Waals surface area contributed by atoms with Crippen LogP contribution in [0.2, 0.25) is 5.15 Å². The number of anilines is 1. The van der Waals surface area contributed by atoms with Gasteiger partial charge in [0.2, 0.25) is 0 Å². The summed E-state index contributed by atoms with van der Waals surface area (Å²) in [5, 5.41) is 6.56. The van der Waals surface area contributed by atoms with E-state index in [1.54, 1.807) is 18.3 Å². The van der Waals surface area contributed by atoms with Crippen molar-refractivity contribution < 1.29 is 4.79 Å². The molecule has 7 nitrogen and oxygen atoms in total. The van der Waals surface area contributed by atoms with E-state index in [9.17, 15) is 4.79 Å². The van der Waals surface area contributed by atoms with Gasteiger partial charge < -0.3 is 11.1 Å². The Labute approximate surface area is 181 Å². The molecule has 10 heteroatoms. The van der Waals surface area contributed by atoms with Crippen molar-refractivity contribution in [1.29, 1.82) is 0 Å². The van der Waals surface area contributed by atoms with Gasteiger partial charge in [0.05, 0.1) is 10.3 Å². The number of aryl methyl sites for hydroxylation is 1. The summed E-state index contributed by atoms with van der Waals surface area (Å²) in [4.78, 5) is 30.9. The molecule has 0 aliphatic rings. The molecule has 0 spiro atoms. The van der Waals surface area contributed by atoms with Crippen molar-refractivity contribution >= 4 is 56.2 Å². The summed E-state index contributed by atoms with van der Waals surface area (Å²) in [5.41, 5.74) is 7.83. The Bertz CT molecular complexity index is 1140. The second-order valence-corrected chi connectivity index (χ2v) is 8.00. The number of nitrogen functional groups attached to an aromatic ring is 1. The van der Waals surface area contributed by atoms with Crippen molar-refractivity contribution in [3.8, 4) is 10.8 Å². The summed E-state index contributed by atoms with van der Waals surface area (Å²) in [6, 6.07) is 5.20. The van der Waals surface area contributed by atoms with E-state index in [0.717, 1.165) is 11.3 Å². The van der Waals surface area contributed by atoms with E-state index in [4.69, 9.17) is 17.3 Å². The number of hydrogen-bond donors (Lipinski definition) is 2. The molecule has 0 aliphatic heterocycles. The monoisotopic (exact) mass is 446 g/mol. The maximum absolute atomic E-state index is 12.5. The maximum atomic E-state index is 12.5. The lowest BCUT2D eigenvalue weighted by Gasteiger charge is -2.03. The minimum absolute atomic E-state index is 0.209. The lowest BCUT2D eigenvalue weighted by atomic mass is 10.3. The van der Waals surface area contributed by atoms with Gasteiger partial charge in [-0.2, -0.15) is 0 Å². The van der Waals surface area contributed by atoms with Crippen molar-refractivity contribution in [2.45, 2.75) is 27.3 Å². The van der Waals surface area contributed by atoms with Crippen LogP contribution in [-0.2, 0) is 6.54 Å². The van der Waals surface area contributed by atoms with Gasteiger partial charge in [-0.05, 0) is 24.6 Å². The predicted molar refractivity (Wildman–Crippen MR) is 119 cm³/mol. The molecule has 0 bridgehead atoms. The molecule has 4 aromatic heterocycles. The summed E-state index contributed by atoms with van der Waals surface area (Å²) in [5.74, 6) is 0.596. The minimum atomic E-state index is -0.209. The largest absolute Gasteiger partial charge is 0.383 e. The number of aromatic nitrogens is 4. The number of nitrogens with two attached hydrogens (primary N) is 1. The first-order valence-corrected chi connectivity index (χ1v) is 10.9. The second kappa shape index (κ2) is 9.25. The van der Waals surface area contributed by atoms with Crippen LogP contribution in [0.1, 0.15) is 34.8 Å². The molecule has 150 valence electrons. The molecule has 0 atom stereocenters. The second-order valence-electron chi connectivity index (χ2n) is 5.73. The van der Waals surface area contributed by atoms with Crippen molar-refractivity contribution in [1.82, 2.24) is 25.3 Å². The first kappa shape index (κ1) is 21.1. The van der Waals surface area contributed by atoms with E-state index in [1.807, 2.05) is 32.2 Å². The summed E-state index contributed by atoms with van der Waals surface area (Å²) in [7, 11) is 0. The Hall–Kier alpha value is -2.62. The van der Waals surface area contributed by atoms with Crippen molar-refractivity contribution in [3.63, 3.8) is 0 Å². The molecule has 1 amide bonds. The van der Waals surface area contributed by atoms with Gasteiger partial charge in [0.25, 0.3) is 5.91 Å². The molecule has 0 saturated heterocycles. The molecular formula is C19H19ClN6OS2. The van der Waals surface area contributed by atoms with E-state index < -0.39 is 0 Å². The highest BCUT2D eigenvalue weighted by Gasteiger charge is 2.16. The van der Waals surface area contributed by atoms with Crippen LogP contribution >= 0.6 is 34.3 Å². The first-order chi connectivity index (χ1) is 14.0. The Morgan fingerprint density at radius 1 is 1.24 bits per heavy atom. The Kier molecular flexibility index (Phi) is 6.73. The van der Waals surface area contributed by atoms with Crippen LogP contribution in [-0.4, -0.2) is 25.8 Å². The fourth-order valence-electron chi connectivity index (χ4n) is 2.39. The zero-order chi connectivity index (χ0) is 21.0. The number of amides is 1. The highest BCUT2D eigenvalue weighted by molar-refractivity contribution is 7.20. The minimum Gasteiger partial charge on any atom is -0.383 e. The zero-order valence-corrected chi connectivity index (χ0v) is 18.5. The quantitative estimate of drug-likeness (QED) is 0.439. The number of nitrogens with one attached hydrogen (secondary N) is 1. The van der Waals surface area contributed by atoms with E-state index in [1.165, 1.54) is 22.7 Å². The zero-order valence-electron chi connectivity index (χ0n) is 16.1. The topological polar surface area (TPSA) is 107 Å². The average molecular weight is 447 g/mol. The lowest BCUT2D eigenvalue weighted by molar-refractivity contribution is 0.0955. The van der Waals surface area contributed by atoms with Crippen molar-refractivity contribution in [2.75, 3.05) is 5.73 Å². The fourth-order valence-corrected chi connectivity index (χ4v) is 4.18.